The number of aliphatic hydroxyl groups is 1. The van der Waals surface area contributed by atoms with Crippen LogP contribution in [-0.4, -0.2) is 59.3 Å². The number of β-amino-alcohol motifs (C(OH)–C–C–N with tert-alkyl or cyclic N) is 1. The molecule has 2 heterocycles. The van der Waals surface area contributed by atoms with E-state index < -0.39 is 0 Å². The van der Waals surface area contributed by atoms with Gasteiger partial charge in [-0.2, -0.15) is 0 Å². The van der Waals surface area contributed by atoms with E-state index in [1.807, 2.05) is 14.1 Å². The van der Waals surface area contributed by atoms with Crippen LogP contribution >= 0.6 is 0 Å². The number of rotatable bonds is 5. The summed E-state index contributed by atoms with van der Waals surface area (Å²) in [5, 5.41) is 10.00. The molecule has 1 aromatic rings. The lowest BCUT2D eigenvalue weighted by Crippen LogP contribution is -2.38. The largest absolute Gasteiger partial charge is 0.391 e. The van der Waals surface area contributed by atoms with Crippen molar-refractivity contribution in [2.75, 3.05) is 37.8 Å². The summed E-state index contributed by atoms with van der Waals surface area (Å²) in [5.74, 6) is 1.45. The Bertz CT molecular complexity index is 451. The average Bonchev–Trinajstić information content (AvgIpc) is 2.72. The van der Waals surface area contributed by atoms with Crippen LogP contribution in [0.5, 0.6) is 0 Å². The van der Waals surface area contributed by atoms with Gasteiger partial charge in [0.2, 0.25) is 0 Å². The predicted octanol–water partition coefficient (Wildman–Crippen LogP) is 0.512. The van der Waals surface area contributed by atoms with Crippen molar-refractivity contribution in [2.24, 2.45) is 0 Å². The number of hydrogen-bond acceptors (Lipinski definition) is 6. The van der Waals surface area contributed by atoms with Crippen LogP contribution in [-0.2, 0) is 6.42 Å². The molecule has 0 spiro atoms. The van der Waals surface area contributed by atoms with Gasteiger partial charge in [-0.25, -0.2) is 9.97 Å². The van der Waals surface area contributed by atoms with E-state index in [4.69, 9.17) is 5.73 Å². The highest BCUT2D eigenvalue weighted by atomic mass is 16.3. The van der Waals surface area contributed by atoms with Crippen molar-refractivity contribution in [1.29, 1.82) is 0 Å². The highest BCUT2D eigenvalue weighted by molar-refractivity contribution is 5.58. The second kappa shape index (κ2) is 6.37. The molecule has 0 radical (unpaired) electrons. The van der Waals surface area contributed by atoms with Crippen molar-refractivity contribution >= 4 is 11.6 Å². The van der Waals surface area contributed by atoms with Gasteiger partial charge in [-0.3, -0.25) is 0 Å². The Balaban J connectivity index is 2.31. The maximum atomic E-state index is 10.00. The molecule has 1 fully saturated rings. The van der Waals surface area contributed by atoms with Gasteiger partial charge in [-0.05, 0) is 26.9 Å². The summed E-state index contributed by atoms with van der Waals surface area (Å²) < 4.78 is 0. The highest BCUT2D eigenvalue weighted by Gasteiger charge is 2.33. The molecule has 1 saturated heterocycles. The molecule has 0 bridgehead atoms. The molecule has 2 rings (SSSR count). The van der Waals surface area contributed by atoms with Crippen molar-refractivity contribution in [3.63, 3.8) is 0 Å². The molecule has 2 atom stereocenters. The first-order valence-corrected chi connectivity index (χ1v) is 7.21. The van der Waals surface area contributed by atoms with Crippen LogP contribution < -0.4 is 10.6 Å². The monoisotopic (exact) mass is 279 g/mol. The van der Waals surface area contributed by atoms with Crippen LogP contribution in [0.4, 0.5) is 11.6 Å². The minimum atomic E-state index is -0.300. The Morgan fingerprint density at radius 3 is 2.85 bits per heavy atom. The first-order valence-electron chi connectivity index (χ1n) is 7.21. The number of nitrogens with two attached hydrogens (primary N) is 1. The summed E-state index contributed by atoms with van der Waals surface area (Å²) >= 11 is 0. The van der Waals surface area contributed by atoms with Gasteiger partial charge >= 0.3 is 0 Å². The molecule has 112 valence electrons. The maximum absolute atomic E-state index is 10.00. The van der Waals surface area contributed by atoms with E-state index in [1.54, 1.807) is 0 Å². The summed E-state index contributed by atoms with van der Waals surface area (Å²) in [4.78, 5) is 12.9. The number of anilines is 2. The molecule has 20 heavy (non-hydrogen) atoms. The smallest absolute Gasteiger partial charge is 0.137 e. The first kappa shape index (κ1) is 15.0. The summed E-state index contributed by atoms with van der Waals surface area (Å²) in [6.45, 7) is 3.63. The Morgan fingerprint density at radius 2 is 2.20 bits per heavy atom. The number of aliphatic hydroxyl groups excluding tert-OH is 1. The van der Waals surface area contributed by atoms with E-state index in [-0.39, 0.29) is 12.1 Å². The molecule has 6 nitrogen and oxygen atoms in total. The second-order valence-corrected chi connectivity index (χ2v) is 5.77. The Morgan fingerprint density at radius 1 is 1.45 bits per heavy atom. The van der Waals surface area contributed by atoms with Gasteiger partial charge in [-0.1, -0.05) is 13.3 Å². The molecule has 0 amide bonds. The van der Waals surface area contributed by atoms with Crippen molar-refractivity contribution in [2.45, 2.75) is 38.3 Å². The number of nitrogen functional groups attached to an aromatic ring is 1. The fourth-order valence-electron chi connectivity index (χ4n) is 2.90. The van der Waals surface area contributed by atoms with E-state index >= 15 is 0 Å². The standard InChI is InChI=1S/C14H25N5O/c1-4-5-12-13(15)16-9-17-14(12)19-8-11(20)6-10(19)7-18(2)3/h9-11,20H,4-8H2,1-3H3,(H2,15,16,17). The van der Waals surface area contributed by atoms with Crippen molar-refractivity contribution in [3.8, 4) is 0 Å². The normalized spacial score (nSPS) is 22.8. The Kier molecular flexibility index (Phi) is 4.77. The number of aromatic nitrogens is 2. The molecule has 0 aromatic carbocycles. The predicted molar refractivity (Wildman–Crippen MR) is 80.8 cm³/mol. The van der Waals surface area contributed by atoms with Crippen LogP contribution in [0.15, 0.2) is 6.33 Å². The van der Waals surface area contributed by atoms with E-state index in [1.165, 1.54) is 6.33 Å². The van der Waals surface area contributed by atoms with Crippen LogP contribution in [0, 0.1) is 0 Å². The molecule has 3 N–H and O–H groups in total. The van der Waals surface area contributed by atoms with Crippen LogP contribution in [0.2, 0.25) is 0 Å². The van der Waals surface area contributed by atoms with Gasteiger partial charge in [0.25, 0.3) is 0 Å². The summed E-state index contributed by atoms with van der Waals surface area (Å²) in [5.41, 5.74) is 7.01. The highest BCUT2D eigenvalue weighted by Crippen LogP contribution is 2.30. The van der Waals surface area contributed by atoms with Gasteiger partial charge in [0.1, 0.15) is 18.0 Å². The van der Waals surface area contributed by atoms with Crippen LogP contribution in [0.25, 0.3) is 0 Å². The number of hydrogen-bond donors (Lipinski definition) is 2. The van der Waals surface area contributed by atoms with E-state index in [0.29, 0.717) is 12.4 Å². The topological polar surface area (TPSA) is 78.5 Å². The molecule has 2 unspecified atom stereocenters. The zero-order valence-corrected chi connectivity index (χ0v) is 12.6. The summed E-state index contributed by atoms with van der Waals surface area (Å²) in [6.07, 6.45) is 3.85. The lowest BCUT2D eigenvalue weighted by molar-refractivity contribution is 0.191. The minimum absolute atomic E-state index is 0.268. The lowest BCUT2D eigenvalue weighted by atomic mass is 10.1. The fourth-order valence-corrected chi connectivity index (χ4v) is 2.90. The van der Waals surface area contributed by atoms with Crippen molar-refractivity contribution in [3.05, 3.63) is 11.9 Å². The van der Waals surface area contributed by atoms with Crippen molar-refractivity contribution < 1.29 is 5.11 Å². The molecule has 0 saturated carbocycles. The van der Waals surface area contributed by atoms with E-state index in [0.717, 1.165) is 37.2 Å². The van der Waals surface area contributed by atoms with Gasteiger partial charge in [0.05, 0.1) is 6.10 Å². The van der Waals surface area contributed by atoms with Crippen molar-refractivity contribution in [1.82, 2.24) is 14.9 Å². The third-order valence-corrected chi connectivity index (χ3v) is 3.70. The van der Waals surface area contributed by atoms with E-state index in [9.17, 15) is 5.11 Å². The summed E-state index contributed by atoms with van der Waals surface area (Å²) in [7, 11) is 4.09. The minimum Gasteiger partial charge on any atom is -0.391 e. The summed E-state index contributed by atoms with van der Waals surface area (Å²) in [6, 6.07) is 0.268. The average molecular weight is 279 g/mol. The molecular weight excluding hydrogens is 254 g/mol. The van der Waals surface area contributed by atoms with Gasteiger partial charge in [0, 0.05) is 24.7 Å². The Labute approximate surface area is 120 Å². The number of nitrogens with zero attached hydrogens (tertiary/aromatic N) is 4. The SMILES string of the molecule is CCCc1c(N)ncnc1N1CC(O)CC1CN(C)C. The molecule has 1 aliphatic rings. The van der Waals surface area contributed by atoms with Gasteiger partial charge < -0.3 is 20.6 Å². The molecule has 0 aliphatic carbocycles. The molecule has 6 heteroatoms. The maximum Gasteiger partial charge on any atom is 0.137 e. The Hall–Kier alpha value is -1.40. The second-order valence-electron chi connectivity index (χ2n) is 5.77. The fraction of sp³-hybridized carbons (Fsp3) is 0.714. The van der Waals surface area contributed by atoms with Crippen LogP contribution in [0.1, 0.15) is 25.3 Å². The van der Waals surface area contributed by atoms with Gasteiger partial charge in [0.15, 0.2) is 0 Å². The molecule has 1 aliphatic heterocycles. The van der Waals surface area contributed by atoms with Gasteiger partial charge in [-0.15, -0.1) is 0 Å². The quantitative estimate of drug-likeness (QED) is 0.818. The van der Waals surface area contributed by atoms with E-state index in [2.05, 4.69) is 26.7 Å². The third-order valence-electron chi connectivity index (χ3n) is 3.70. The molecule has 1 aromatic heterocycles. The number of likely N-dealkylation sites (N-methyl/N-ethyl adjacent to an activating group) is 1. The lowest BCUT2D eigenvalue weighted by Gasteiger charge is -2.29. The zero-order chi connectivity index (χ0) is 14.7. The zero-order valence-electron chi connectivity index (χ0n) is 12.6. The van der Waals surface area contributed by atoms with Crippen LogP contribution in [0.3, 0.4) is 0 Å². The first-order chi connectivity index (χ1) is 9.52. The third kappa shape index (κ3) is 3.19. The molecular formula is C14H25N5O.